The lowest BCUT2D eigenvalue weighted by Gasteiger charge is -2.13. The first-order chi connectivity index (χ1) is 9.81. The molecule has 6 heteroatoms. The number of thioether (sulfide) groups is 1. The van der Waals surface area contributed by atoms with Gasteiger partial charge in [0.2, 0.25) is 0 Å². The molecule has 20 heavy (non-hydrogen) atoms. The van der Waals surface area contributed by atoms with Gasteiger partial charge in [0.25, 0.3) is 5.95 Å². The summed E-state index contributed by atoms with van der Waals surface area (Å²) >= 11 is 1.61. The van der Waals surface area contributed by atoms with Crippen molar-refractivity contribution in [3.8, 4) is 5.95 Å². The minimum absolute atomic E-state index is 0.517. The van der Waals surface area contributed by atoms with Crippen molar-refractivity contribution in [1.82, 2.24) is 19.7 Å². The first kappa shape index (κ1) is 13.2. The van der Waals surface area contributed by atoms with Crippen LogP contribution >= 0.6 is 11.8 Å². The van der Waals surface area contributed by atoms with Crippen molar-refractivity contribution in [2.75, 3.05) is 12.0 Å². The Labute approximate surface area is 122 Å². The van der Waals surface area contributed by atoms with Gasteiger partial charge in [-0.15, -0.1) is 11.8 Å². The second-order valence-electron chi connectivity index (χ2n) is 4.71. The van der Waals surface area contributed by atoms with E-state index in [1.807, 2.05) is 6.26 Å². The van der Waals surface area contributed by atoms with Crippen LogP contribution in [0.25, 0.3) is 11.5 Å². The monoisotopic (exact) mass is 287 g/mol. The van der Waals surface area contributed by atoms with E-state index in [9.17, 15) is 0 Å². The smallest absolute Gasteiger partial charge is 0.252 e. The Morgan fingerprint density at radius 3 is 2.70 bits per heavy atom. The summed E-state index contributed by atoms with van der Waals surface area (Å²) in [5, 5.41) is 5.51. The first-order valence-electron chi connectivity index (χ1n) is 6.70. The SMILES string of the molecule is CSc1nn(-c2ncccn2)c(N)c1C1=CCCCC1. The number of nitrogens with two attached hydrogens (primary N) is 1. The number of hydrogen-bond acceptors (Lipinski definition) is 5. The van der Waals surface area contributed by atoms with E-state index in [0.29, 0.717) is 11.8 Å². The van der Waals surface area contributed by atoms with Gasteiger partial charge in [-0.25, -0.2) is 9.97 Å². The molecule has 104 valence electrons. The van der Waals surface area contributed by atoms with Crippen LogP contribution in [0.15, 0.2) is 29.6 Å². The van der Waals surface area contributed by atoms with Crippen LogP contribution in [0.4, 0.5) is 5.82 Å². The number of nitrogen functional groups attached to an aromatic ring is 1. The predicted molar refractivity (Wildman–Crippen MR) is 81.8 cm³/mol. The third-order valence-corrected chi connectivity index (χ3v) is 4.11. The Hall–Kier alpha value is -1.82. The minimum Gasteiger partial charge on any atom is -0.383 e. The summed E-state index contributed by atoms with van der Waals surface area (Å²) in [6.45, 7) is 0. The highest BCUT2D eigenvalue weighted by Crippen LogP contribution is 2.36. The van der Waals surface area contributed by atoms with E-state index in [1.54, 1.807) is 34.9 Å². The molecule has 0 amide bonds. The van der Waals surface area contributed by atoms with Gasteiger partial charge in [-0.3, -0.25) is 0 Å². The molecule has 2 aromatic rings. The second kappa shape index (κ2) is 5.66. The lowest BCUT2D eigenvalue weighted by Crippen LogP contribution is -2.06. The molecule has 5 nitrogen and oxygen atoms in total. The molecule has 0 saturated heterocycles. The van der Waals surface area contributed by atoms with E-state index in [0.717, 1.165) is 23.4 Å². The first-order valence-corrected chi connectivity index (χ1v) is 7.93. The summed E-state index contributed by atoms with van der Waals surface area (Å²) in [6, 6.07) is 1.78. The number of anilines is 1. The molecule has 2 aromatic heterocycles. The molecule has 0 atom stereocenters. The summed E-state index contributed by atoms with van der Waals surface area (Å²) in [5.41, 5.74) is 8.67. The van der Waals surface area contributed by atoms with Gasteiger partial charge < -0.3 is 5.73 Å². The number of rotatable bonds is 3. The molecular formula is C14H17N5S. The lowest BCUT2D eigenvalue weighted by molar-refractivity contribution is 0.741. The summed E-state index contributed by atoms with van der Waals surface area (Å²) < 4.78 is 1.64. The molecule has 0 unspecified atom stereocenters. The van der Waals surface area contributed by atoms with E-state index in [4.69, 9.17) is 5.73 Å². The quantitative estimate of drug-likeness (QED) is 0.879. The minimum atomic E-state index is 0.517. The zero-order valence-corrected chi connectivity index (χ0v) is 12.2. The van der Waals surface area contributed by atoms with Crippen LogP contribution in [0.1, 0.15) is 31.2 Å². The Morgan fingerprint density at radius 1 is 1.25 bits per heavy atom. The average Bonchev–Trinajstić information content (AvgIpc) is 2.86. The maximum Gasteiger partial charge on any atom is 0.252 e. The molecule has 3 rings (SSSR count). The third-order valence-electron chi connectivity index (χ3n) is 3.44. The molecule has 1 aliphatic carbocycles. The lowest BCUT2D eigenvalue weighted by atomic mass is 9.95. The van der Waals surface area contributed by atoms with Gasteiger partial charge in [0.05, 0.1) is 5.56 Å². The van der Waals surface area contributed by atoms with Gasteiger partial charge in [-0.2, -0.15) is 9.78 Å². The van der Waals surface area contributed by atoms with Crippen LogP contribution in [0.3, 0.4) is 0 Å². The van der Waals surface area contributed by atoms with Crippen molar-refractivity contribution in [1.29, 1.82) is 0 Å². The van der Waals surface area contributed by atoms with Gasteiger partial charge in [0, 0.05) is 12.4 Å². The van der Waals surface area contributed by atoms with Crippen LogP contribution < -0.4 is 5.73 Å². The van der Waals surface area contributed by atoms with E-state index >= 15 is 0 Å². The molecule has 0 bridgehead atoms. The number of hydrogen-bond donors (Lipinski definition) is 1. The van der Waals surface area contributed by atoms with Crippen molar-refractivity contribution in [2.45, 2.75) is 30.7 Å². The largest absolute Gasteiger partial charge is 0.383 e. The van der Waals surface area contributed by atoms with Crippen LogP contribution in [-0.2, 0) is 0 Å². The highest BCUT2D eigenvalue weighted by molar-refractivity contribution is 7.98. The van der Waals surface area contributed by atoms with Crippen LogP contribution in [0, 0.1) is 0 Å². The van der Waals surface area contributed by atoms with Crippen molar-refractivity contribution in [3.63, 3.8) is 0 Å². The fourth-order valence-electron chi connectivity index (χ4n) is 2.47. The van der Waals surface area contributed by atoms with E-state index in [-0.39, 0.29) is 0 Å². The highest BCUT2D eigenvalue weighted by Gasteiger charge is 2.21. The topological polar surface area (TPSA) is 69.6 Å². The van der Waals surface area contributed by atoms with Crippen molar-refractivity contribution in [3.05, 3.63) is 30.1 Å². The van der Waals surface area contributed by atoms with E-state index in [1.165, 1.54) is 18.4 Å². The molecule has 1 aliphatic rings. The molecule has 0 spiro atoms. The molecule has 0 aliphatic heterocycles. The fraction of sp³-hybridized carbons (Fsp3) is 0.357. The standard InChI is InChI=1S/C14H17N5S/c1-20-13-11(10-6-3-2-4-7-10)12(15)19(18-13)14-16-8-5-9-17-14/h5-6,8-9H,2-4,7,15H2,1H3. The molecule has 2 N–H and O–H groups in total. The second-order valence-corrected chi connectivity index (χ2v) is 5.50. The van der Waals surface area contributed by atoms with Crippen molar-refractivity contribution < 1.29 is 0 Å². The van der Waals surface area contributed by atoms with E-state index in [2.05, 4.69) is 21.1 Å². The Bertz CT molecular complexity index is 633. The van der Waals surface area contributed by atoms with Gasteiger partial charge >= 0.3 is 0 Å². The number of nitrogens with zero attached hydrogens (tertiary/aromatic N) is 4. The van der Waals surface area contributed by atoms with Gasteiger partial charge in [0.15, 0.2) is 0 Å². The Balaban J connectivity index is 2.11. The Morgan fingerprint density at radius 2 is 2.05 bits per heavy atom. The van der Waals surface area contributed by atoms with E-state index < -0.39 is 0 Å². The van der Waals surface area contributed by atoms with Crippen molar-refractivity contribution >= 4 is 23.2 Å². The summed E-state index contributed by atoms with van der Waals surface area (Å²) in [6.07, 6.45) is 12.4. The summed E-state index contributed by atoms with van der Waals surface area (Å²) in [7, 11) is 0. The zero-order chi connectivity index (χ0) is 13.9. The molecule has 0 saturated carbocycles. The molecule has 0 radical (unpaired) electrons. The van der Waals surface area contributed by atoms with Crippen LogP contribution in [-0.4, -0.2) is 26.0 Å². The molecule has 2 heterocycles. The zero-order valence-electron chi connectivity index (χ0n) is 11.4. The van der Waals surface area contributed by atoms with Gasteiger partial charge in [-0.05, 0) is 43.6 Å². The normalized spacial score (nSPS) is 15.2. The fourth-order valence-corrected chi connectivity index (χ4v) is 3.08. The molecular weight excluding hydrogens is 270 g/mol. The third kappa shape index (κ3) is 2.31. The maximum absolute atomic E-state index is 6.31. The van der Waals surface area contributed by atoms with Crippen LogP contribution in [0.5, 0.6) is 0 Å². The number of aromatic nitrogens is 4. The molecule has 0 aromatic carbocycles. The molecule has 0 fully saturated rings. The number of allylic oxidation sites excluding steroid dienone is 2. The highest BCUT2D eigenvalue weighted by atomic mass is 32.2. The summed E-state index contributed by atoms with van der Waals surface area (Å²) in [4.78, 5) is 8.45. The van der Waals surface area contributed by atoms with Crippen LogP contribution in [0.2, 0.25) is 0 Å². The average molecular weight is 287 g/mol. The van der Waals surface area contributed by atoms with Gasteiger partial charge in [0.1, 0.15) is 10.8 Å². The van der Waals surface area contributed by atoms with Gasteiger partial charge in [-0.1, -0.05) is 6.08 Å². The van der Waals surface area contributed by atoms with Crippen molar-refractivity contribution in [2.24, 2.45) is 0 Å². The Kier molecular flexibility index (Phi) is 3.73. The maximum atomic E-state index is 6.31. The predicted octanol–water partition coefficient (Wildman–Crippen LogP) is 2.92. The summed E-state index contributed by atoms with van der Waals surface area (Å²) in [5.74, 6) is 1.15.